The van der Waals surface area contributed by atoms with Crippen LogP contribution in [0.3, 0.4) is 0 Å². The van der Waals surface area contributed by atoms with Crippen LogP contribution in [-0.2, 0) is 16.3 Å². The maximum Gasteiger partial charge on any atom is 0.338 e. The third-order valence-electron chi connectivity index (χ3n) is 5.38. The summed E-state index contributed by atoms with van der Waals surface area (Å²) >= 11 is 0. The van der Waals surface area contributed by atoms with E-state index in [1.807, 2.05) is 30.3 Å². The van der Waals surface area contributed by atoms with Gasteiger partial charge in [-0.2, -0.15) is 0 Å². The number of ether oxygens (including phenoxy) is 1. The lowest BCUT2D eigenvalue weighted by atomic mass is 9.93. The molecule has 6 nitrogen and oxygen atoms in total. The minimum absolute atomic E-state index is 0.0406. The highest BCUT2D eigenvalue weighted by molar-refractivity contribution is 7.91. The van der Waals surface area contributed by atoms with Crippen LogP contribution in [-0.4, -0.2) is 26.6 Å². The zero-order valence-corrected chi connectivity index (χ0v) is 18.1. The molecule has 0 saturated heterocycles. The number of hydrogen-bond acceptors (Lipinski definition) is 5. The Morgan fingerprint density at radius 2 is 1.50 bits per heavy atom. The van der Waals surface area contributed by atoms with Crippen LogP contribution < -0.4 is 10.5 Å². The van der Waals surface area contributed by atoms with Gasteiger partial charge in [0.05, 0.1) is 28.2 Å². The quantitative estimate of drug-likeness (QED) is 0.420. The molecule has 0 aliphatic heterocycles. The van der Waals surface area contributed by atoms with Crippen LogP contribution >= 0.6 is 0 Å². The first kappa shape index (κ1) is 21.4. The van der Waals surface area contributed by atoms with E-state index in [0.717, 1.165) is 5.56 Å². The first-order chi connectivity index (χ1) is 15.3. The van der Waals surface area contributed by atoms with Gasteiger partial charge in [0.25, 0.3) is 0 Å². The topological polar surface area (TPSA) is 107 Å². The number of carboxylic acids is 1. The minimum atomic E-state index is -4.09. The summed E-state index contributed by atoms with van der Waals surface area (Å²) in [6.07, 6.45) is 0.0994. The van der Waals surface area contributed by atoms with E-state index in [1.54, 1.807) is 36.4 Å². The Morgan fingerprint density at radius 1 is 0.906 bits per heavy atom. The van der Waals surface area contributed by atoms with E-state index >= 15 is 0 Å². The van der Waals surface area contributed by atoms with E-state index < -0.39 is 15.8 Å². The van der Waals surface area contributed by atoms with E-state index in [9.17, 15) is 18.3 Å². The van der Waals surface area contributed by atoms with Crippen molar-refractivity contribution in [3.8, 4) is 5.75 Å². The molecule has 0 aliphatic carbocycles. The smallest absolute Gasteiger partial charge is 0.338 e. The van der Waals surface area contributed by atoms with Crippen LogP contribution in [0.2, 0.25) is 0 Å². The van der Waals surface area contributed by atoms with Crippen molar-refractivity contribution < 1.29 is 23.1 Å². The van der Waals surface area contributed by atoms with Gasteiger partial charge >= 0.3 is 5.97 Å². The summed E-state index contributed by atoms with van der Waals surface area (Å²) in [5.74, 6) is -0.757. The third kappa shape index (κ3) is 3.67. The average Bonchev–Trinajstić information content (AvgIpc) is 2.79. The van der Waals surface area contributed by atoms with Gasteiger partial charge in [-0.25, -0.2) is 13.2 Å². The number of aromatic carboxylic acids is 1. The first-order valence-corrected chi connectivity index (χ1v) is 11.3. The molecule has 0 saturated carbocycles. The number of methoxy groups -OCH3 is 1. The van der Waals surface area contributed by atoms with Crippen LogP contribution in [0.25, 0.3) is 10.8 Å². The lowest BCUT2D eigenvalue weighted by Crippen LogP contribution is -2.15. The van der Waals surface area contributed by atoms with Crippen molar-refractivity contribution in [3.63, 3.8) is 0 Å². The van der Waals surface area contributed by atoms with Crippen LogP contribution in [0.1, 0.15) is 21.5 Å². The molecular weight excluding hydrogens is 426 g/mol. The first-order valence-electron chi connectivity index (χ1n) is 9.84. The summed E-state index contributed by atoms with van der Waals surface area (Å²) in [5.41, 5.74) is 7.06. The third-order valence-corrected chi connectivity index (χ3v) is 7.28. The second-order valence-electron chi connectivity index (χ2n) is 7.29. The molecule has 4 aromatic rings. The van der Waals surface area contributed by atoms with E-state index in [0.29, 0.717) is 16.5 Å². The molecule has 0 radical (unpaired) electrons. The fourth-order valence-corrected chi connectivity index (χ4v) is 5.58. The number of benzene rings is 4. The number of nitrogens with two attached hydrogens (primary N) is 1. The fraction of sp³-hybridized carbons (Fsp3) is 0.0800. The Labute approximate surface area is 185 Å². The largest absolute Gasteiger partial charge is 0.497 e. The Morgan fingerprint density at radius 3 is 2.09 bits per heavy atom. The van der Waals surface area contributed by atoms with Gasteiger partial charge < -0.3 is 15.6 Å². The molecule has 0 amide bonds. The second-order valence-corrected chi connectivity index (χ2v) is 9.17. The summed E-state index contributed by atoms with van der Waals surface area (Å²) < 4.78 is 32.9. The monoisotopic (exact) mass is 447 g/mol. The van der Waals surface area contributed by atoms with Crippen molar-refractivity contribution in [1.82, 2.24) is 0 Å². The molecule has 0 aliphatic rings. The molecule has 0 aromatic heterocycles. The molecule has 0 spiro atoms. The predicted molar refractivity (Wildman–Crippen MR) is 123 cm³/mol. The number of nitrogen functional groups attached to an aromatic ring is 1. The van der Waals surface area contributed by atoms with Gasteiger partial charge in [-0.15, -0.1) is 0 Å². The summed E-state index contributed by atoms with van der Waals surface area (Å²) in [6, 6.07) is 21.8. The average molecular weight is 448 g/mol. The van der Waals surface area contributed by atoms with Crippen molar-refractivity contribution >= 4 is 32.3 Å². The van der Waals surface area contributed by atoms with E-state index in [4.69, 9.17) is 10.5 Å². The lowest BCUT2D eigenvalue weighted by Gasteiger charge is -2.19. The minimum Gasteiger partial charge on any atom is -0.497 e. The van der Waals surface area contributed by atoms with Crippen molar-refractivity contribution in [2.75, 3.05) is 12.8 Å². The molecule has 3 N–H and O–H groups in total. The van der Waals surface area contributed by atoms with Crippen LogP contribution in [0.5, 0.6) is 5.75 Å². The van der Waals surface area contributed by atoms with Crippen LogP contribution in [0.15, 0.2) is 88.7 Å². The van der Waals surface area contributed by atoms with Gasteiger partial charge in [-0.1, -0.05) is 54.6 Å². The summed E-state index contributed by atoms with van der Waals surface area (Å²) in [7, 11) is -2.59. The molecule has 0 unspecified atom stereocenters. The molecule has 7 heteroatoms. The molecule has 0 fully saturated rings. The van der Waals surface area contributed by atoms with E-state index in [2.05, 4.69) is 0 Å². The van der Waals surface area contributed by atoms with Gasteiger partial charge in [0.15, 0.2) is 0 Å². The van der Waals surface area contributed by atoms with Crippen molar-refractivity contribution in [2.24, 2.45) is 0 Å². The molecule has 162 valence electrons. The van der Waals surface area contributed by atoms with Crippen LogP contribution in [0.4, 0.5) is 5.69 Å². The Kier molecular flexibility index (Phi) is 5.59. The van der Waals surface area contributed by atoms with Gasteiger partial charge in [0, 0.05) is 10.8 Å². The molecule has 0 atom stereocenters. The lowest BCUT2D eigenvalue weighted by molar-refractivity contribution is 0.0697. The summed E-state index contributed by atoms with van der Waals surface area (Å²) in [5, 5.41) is 10.8. The Hall–Kier alpha value is -3.84. The Bertz CT molecular complexity index is 1410. The zero-order chi connectivity index (χ0) is 22.9. The standard InChI is InChI=1S/C25H21NO5S/c1-31-17-11-13-18(14-12-17)32(29,30)24-20-10-6-5-9-19(20)23(26)22(25(27)28)21(24)15-16-7-3-2-4-8-16/h2-14H,15,26H2,1H3,(H,27,28). The highest BCUT2D eigenvalue weighted by Crippen LogP contribution is 2.39. The maximum absolute atomic E-state index is 13.9. The van der Waals surface area contributed by atoms with E-state index in [-0.39, 0.29) is 33.0 Å². The highest BCUT2D eigenvalue weighted by atomic mass is 32.2. The molecule has 0 bridgehead atoms. The number of fused-ring (bicyclic) bond motifs is 1. The van der Waals surface area contributed by atoms with Gasteiger partial charge in [-0.3, -0.25) is 0 Å². The van der Waals surface area contributed by atoms with Crippen molar-refractivity contribution in [2.45, 2.75) is 16.2 Å². The van der Waals surface area contributed by atoms with Gasteiger partial charge in [0.2, 0.25) is 9.84 Å². The number of sulfone groups is 1. The number of carboxylic acid groups (broad SMARTS) is 1. The molecule has 4 aromatic carbocycles. The van der Waals surface area contributed by atoms with E-state index in [1.165, 1.54) is 19.2 Å². The van der Waals surface area contributed by atoms with Crippen molar-refractivity contribution in [1.29, 1.82) is 0 Å². The van der Waals surface area contributed by atoms with Gasteiger partial charge in [-0.05, 0) is 41.8 Å². The van der Waals surface area contributed by atoms with Crippen LogP contribution in [0, 0.1) is 0 Å². The number of hydrogen-bond donors (Lipinski definition) is 2. The second kappa shape index (κ2) is 8.36. The van der Waals surface area contributed by atoms with Gasteiger partial charge in [0.1, 0.15) is 5.75 Å². The normalized spacial score (nSPS) is 11.4. The maximum atomic E-state index is 13.9. The summed E-state index contributed by atoms with van der Waals surface area (Å²) in [4.78, 5) is 12.3. The number of carbonyl (C=O) groups is 1. The zero-order valence-electron chi connectivity index (χ0n) is 17.3. The molecule has 32 heavy (non-hydrogen) atoms. The molecule has 4 rings (SSSR count). The Balaban J connectivity index is 2.10. The van der Waals surface area contributed by atoms with Crippen molar-refractivity contribution in [3.05, 3.63) is 95.6 Å². The molecule has 0 heterocycles. The predicted octanol–water partition coefficient (Wildman–Crippen LogP) is 4.55. The molecular formula is C25H21NO5S. The fourth-order valence-electron chi connectivity index (χ4n) is 3.88. The number of rotatable bonds is 6. The highest BCUT2D eigenvalue weighted by Gasteiger charge is 2.30. The SMILES string of the molecule is COc1ccc(S(=O)(=O)c2c(Cc3ccccc3)c(C(=O)O)c(N)c3ccccc23)cc1. The summed E-state index contributed by atoms with van der Waals surface area (Å²) in [6.45, 7) is 0. The number of anilines is 1.